The summed E-state index contributed by atoms with van der Waals surface area (Å²) < 4.78 is 1.69. The number of fused-ring (bicyclic) bond motifs is 1. The normalized spacial score (nSPS) is 14.0. The summed E-state index contributed by atoms with van der Waals surface area (Å²) in [6.45, 7) is 2.97. The van der Waals surface area contributed by atoms with E-state index in [0.29, 0.717) is 22.8 Å². The van der Waals surface area contributed by atoms with Gasteiger partial charge in [0.1, 0.15) is 17.0 Å². The van der Waals surface area contributed by atoms with Crippen LogP contribution in [0.5, 0.6) is 0 Å². The molecule has 168 valence electrons. The van der Waals surface area contributed by atoms with Crippen molar-refractivity contribution in [1.82, 2.24) is 24.4 Å². The molecule has 0 radical (unpaired) electrons. The van der Waals surface area contributed by atoms with Gasteiger partial charge < -0.3 is 15.1 Å². The van der Waals surface area contributed by atoms with Crippen molar-refractivity contribution in [3.8, 4) is 0 Å². The number of amides is 1. The predicted molar refractivity (Wildman–Crippen MR) is 126 cm³/mol. The van der Waals surface area contributed by atoms with Crippen LogP contribution in [0.15, 0.2) is 35.4 Å². The maximum absolute atomic E-state index is 13.3. The van der Waals surface area contributed by atoms with Gasteiger partial charge in [0.25, 0.3) is 11.5 Å². The Balaban J connectivity index is 1.75. The molecule has 1 amide bonds. The highest BCUT2D eigenvalue weighted by molar-refractivity contribution is 5.96. The Labute approximate surface area is 187 Å². The molecule has 9 heteroatoms. The molecule has 3 heterocycles. The number of pyridine rings is 2. The lowest BCUT2D eigenvalue weighted by molar-refractivity contribution is 0.0825. The van der Waals surface area contributed by atoms with Gasteiger partial charge >= 0.3 is 0 Å². The van der Waals surface area contributed by atoms with E-state index in [1.165, 1.54) is 4.90 Å². The van der Waals surface area contributed by atoms with E-state index < -0.39 is 0 Å². The minimum atomic E-state index is -0.313. The van der Waals surface area contributed by atoms with Gasteiger partial charge in [0.15, 0.2) is 0 Å². The summed E-state index contributed by atoms with van der Waals surface area (Å²) in [5.41, 5.74) is 1.41. The topological polar surface area (TPSA) is 96.2 Å². The smallest absolute Gasteiger partial charge is 0.265 e. The van der Waals surface area contributed by atoms with Crippen LogP contribution < -0.4 is 15.8 Å². The molecule has 32 heavy (non-hydrogen) atoms. The number of anilines is 3. The zero-order valence-electron chi connectivity index (χ0n) is 19.0. The molecule has 1 N–H and O–H groups in total. The third-order valence-corrected chi connectivity index (χ3v) is 6.00. The van der Waals surface area contributed by atoms with Crippen molar-refractivity contribution >= 4 is 34.4 Å². The van der Waals surface area contributed by atoms with Crippen molar-refractivity contribution in [2.75, 3.05) is 37.9 Å². The number of aromatic nitrogens is 4. The summed E-state index contributed by atoms with van der Waals surface area (Å²) in [5.74, 6) is 0.665. The molecule has 9 nitrogen and oxygen atoms in total. The van der Waals surface area contributed by atoms with E-state index in [0.717, 1.165) is 37.9 Å². The van der Waals surface area contributed by atoms with Gasteiger partial charge in [-0.2, -0.15) is 4.98 Å². The first-order valence-electron chi connectivity index (χ1n) is 11.0. The second kappa shape index (κ2) is 8.94. The maximum atomic E-state index is 13.3. The average molecular weight is 436 g/mol. The molecule has 0 aromatic carbocycles. The van der Waals surface area contributed by atoms with E-state index in [-0.39, 0.29) is 23.1 Å². The van der Waals surface area contributed by atoms with Crippen LogP contribution in [0, 0.1) is 0 Å². The van der Waals surface area contributed by atoms with Gasteiger partial charge in [-0.1, -0.05) is 12.8 Å². The molecule has 1 saturated carbocycles. The van der Waals surface area contributed by atoms with Gasteiger partial charge in [-0.3, -0.25) is 14.2 Å². The zero-order chi connectivity index (χ0) is 22.8. The Kier molecular flexibility index (Phi) is 6.07. The van der Waals surface area contributed by atoms with Crippen molar-refractivity contribution in [2.45, 2.75) is 38.6 Å². The summed E-state index contributed by atoms with van der Waals surface area (Å²) >= 11 is 0. The fourth-order valence-corrected chi connectivity index (χ4v) is 4.06. The van der Waals surface area contributed by atoms with Crippen molar-refractivity contribution < 1.29 is 4.79 Å². The van der Waals surface area contributed by atoms with Crippen molar-refractivity contribution in [3.63, 3.8) is 0 Å². The second-order valence-electron chi connectivity index (χ2n) is 8.38. The van der Waals surface area contributed by atoms with E-state index in [9.17, 15) is 9.59 Å². The minimum absolute atomic E-state index is 0.0321. The highest BCUT2D eigenvalue weighted by atomic mass is 16.2. The first-order valence-corrected chi connectivity index (χ1v) is 11.0. The van der Waals surface area contributed by atoms with Gasteiger partial charge in [-0.05, 0) is 38.0 Å². The van der Waals surface area contributed by atoms with Crippen LogP contribution >= 0.6 is 0 Å². The Hall–Kier alpha value is -3.49. The largest absolute Gasteiger partial charge is 0.374 e. The highest BCUT2D eigenvalue weighted by Crippen LogP contribution is 2.31. The summed E-state index contributed by atoms with van der Waals surface area (Å²) in [6.07, 6.45) is 7.36. The lowest BCUT2D eigenvalue weighted by atomic mass is 10.1. The van der Waals surface area contributed by atoms with E-state index in [4.69, 9.17) is 0 Å². The Morgan fingerprint density at radius 2 is 1.91 bits per heavy atom. The summed E-state index contributed by atoms with van der Waals surface area (Å²) in [7, 11) is 5.30. The van der Waals surface area contributed by atoms with E-state index >= 15 is 0 Å². The summed E-state index contributed by atoms with van der Waals surface area (Å²) in [5, 5.41) is 3.80. The molecule has 0 unspecified atom stereocenters. The standard InChI is InChI=1S/C23H29N7O2/c1-5-29(4)17-10-11-19(24-14-17)26-23-25-13-15-12-18(21(31)28(2)3)22(32)30(20(15)27-23)16-8-6-7-9-16/h10-14,16H,5-9H2,1-4H3,(H,24,25,26,27). The minimum Gasteiger partial charge on any atom is -0.374 e. The Bertz CT molecular complexity index is 1180. The maximum Gasteiger partial charge on any atom is 0.265 e. The number of rotatable bonds is 6. The van der Waals surface area contributed by atoms with Crippen LogP contribution in [0.4, 0.5) is 17.5 Å². The lowest BCUT2D eigenvalue weighted by Gasteiger charge is -2.19. The molecule has 0 aliphatic heterocycles. The number of hydrogen-bond donors (Lipinski definition) is 1. The Morgan fingerprint density at radius 1 is 1.16 bits per heavy atom. The molecule has 0 atom stereocenters. The molecule has 1 fully saturated rings. The number of carbonyl (C=O) groups excluding carboxylic acids is 1. The zero-order valence-corrected chi connectivity index (χ0v) is 19.0. The monoisotopic (exact) mass is 435 g/mol. The first kappa shape index (κ1) is 21.7. The molecule has 0 bridgehead atoms. The number of nitrogens with zero attached hydrogens (tertiary/aromatic N) is 6. The molecule has 3 aromatic heterocycles. The number of nitrogens with one attached hydrogen (secondary N) is 1. The van der Waals surface area contributed by atoms with Crippen molar-refractivity contribution in [2.24, 2.45) is 0 Å². The van der Waals surface area contributed by atoms with E-state index in [1.54, 1.807) is 37.1 Å². The summed E-state index contributed by atoms with van der Waals surface area (Å²) in [6, 6.07) is 5.48. The van der Waals surface area contributed by atoms with Crippen LogP contribution in [0.3, 0.4) is 0 Å². The molecule has 0 saturated heterocycles. The van der Waals surface area contributed by atoms with Gasteiger partial charge in [0, 0.05) is 45.3 Å². The van der Waals surface area contributed by atoms with Gasteiger partial charge in [-0.15, -0.1) is 0 Å². The molecule has 0 spiro atoms. The van der Waals surface area contributed by atoms with Crippen LogP contribution in [-0.4, -0.2) is 58.0 Å². The molecule has 1 aliphatic rings. The third kappa shape index (κ3) is 4.15. The van der Waals surface area contributed by atoms with Crippen LogP contribution in [-0.2, 0) is 0 Å². The van der Waals surface area contributed by atoms with Crippen molar-refractivity contribution in [1.29, 1.82) is 0 Å². The van der Waals surface area contributed by atoms with Gasteiger partial charge in [-0.25, -0.2) is 9.97 Å². The second-order valence-corrected chi connectivity index (χ2v) is 8.38. The fraction of sp³-hybridized carbons (Fsp3) is 0.435. The fourth-order valence-electron chi connectivity index (χ4n) is 4.06. The van der Waals surface area contributed by atoms with E-state index in [2.05, 4.69) is 32.1 Å². The predicted octanol–water partition coefficient (Wildman–Crippen LogP) is 3.20. The first-order chi connectivity index (χ1) is 15.4. The summed E-state index contributed by atoms with van der Waals surface area (Å²) in [4.78, 5) is 43.0. The van der Waals surface area contributed by atoms with Crippen LogP contribution in [0.25, 0.3) is 11.0 Å². The molecule has 1 aliphatic carbocycles. The molecule has 3 aromatic rings. The Morgan fingerprint density at radius 3 is 2.53 bits per heavy atom. The molecule has 4 rings (SSSR count). The van der Waals surface area contributed by atoms with E-state index in [1.807, 2.05) is 19.2 Å². The molecular weight excluding hydrogens is 406 g/mol. The van der Waals surface area contributed by atoms with Gasteiger partial charge in [0.2, 0.25) is 5.95 Å². The quantitative estimate of drug-likeness (QED) is 0.635. The van der Waals surface area contributed by atoms with Crippen molar-refractivity contribution in [3.05, 3.63) is 46.5 Å². The lowest BCUT2D eigenvalue weighted by Crippen LogP contribution is -2.34. The van der Waals surface area contributed by atoms with Crippen LogP contribution in [0.1, 0.15) is 49.0 Å². The molecular formula is C23H29N7O2. The third-order valence-electron chi connectivity index (χ3n) is 6.00. The average Bonchev–Trinajstić information content (AvgIpc) is 3.32. The van der Waals surface area contributed by atoms with Crippen LogP contribution in [0.2, 0.25) is 0 Å². The SMILES string of the molecule is CCN(C)c1ccc(Nc2ncc3cc(C(=O)N(C)C)c(=O)n(C4CCCC4)c3n2)nc1. The number of carbonyl (C=O) groups is 1. The highest BCUT2D eigenvalue weighted by Gasteiger charge is 2.25. The number of hydrogen-bond acceptors (Lipinski definition) is 7. The van der Waals surface area contributed by atoms with Gasteiger partial charge in [0.05, 0.1) is 11.9 Å².